The Hall–Kier alpha value is -3.85. The lowest BCUT2D eigenvalue weighted by Crippen LogP contribution is -2.44. The van der Waals surface area contributed by atoms with Gasteiger partial charge in [0.25, 0.3) is 11.5 Å². The van der Waals surface area contributed by atoms with Gasteiger partial charge in [0.1, 0.15) is 23.2 Å². The molecule has 0 radical (unpaired) electrons. The van der Waals surface area contributed by atoms with E-state index >= 15 is 0 Å². The van der Waals surface area contributed by atoms with Crippen molar-refractivity contribution in [3.8, 4) is 11.4 Å². The molecule has 4 rings (SSSR count). The number of aromatic nitrogens is 1. The third-order valence-electron chi connectivity index (χ3n) is 6.67. The zero-order valence-corrected chi connectivity index (χ0v) is 22.2. The summed E-state index contributed by atoms with van der Waals surface area (Å²) in [6.45, 7) is 3.70. The Labute approximate surface area is 225 Å². The number of pyridine rings is 1. The number of benzene rings is 2. The van der Waals surface area contributed by atoms with Crippen LogP contribution >= 0.6 is 11.6 Å². The number of aryl methyl sites for hydroxylation is 2. The Kier molecular flexibility index (Phi) is 8.36. The van der Waals surface area contributed by atoms with E-state index in [-0.39, 0.29) is 41.9 Å². The first-order valence-electron chi connectivity index (χ1n) is 12.4. The fourth-order valence-corrected chi connectivity index (χ4v) is 4.44. The van der Waals surface area contributed by atoms with E-state index in [4.69, 9.17) is 16.3 Å². The van der Waals surface area contributed by atoms with Crippen molar-refractivity contribution >= 4 is 23.5 Å². The molecule has 1 fully saturated rings. The van der Waals surface area contributed by atoms with Gasteiger partial charge in [-0.05, 0) is 74.1 Å². The highest BCUT2D eigenvalue weighted by molar-refractivity contribution is 6.31. The first-order chi connectivity index (χ1) is 18.2. The number of rotatable bonds is 8. The van der Waals surface area contributed by atoms with Gasteiger partial charge in [0, 0.05) is 37.0 Å². The summed E-state index contributed by atoms with van der Waals surface area (Å²) in [7, 11) is 1.54. The number of nitrogens with zero attached hydrogens (tertiary/aromatic N) is 1. The molecule has 3 amide bonds. The topological polar surface area (TPSA) is 101 Å². The molecule has 3 aromatic rings. The molecule has 0 aliphatic heterocycles. The second kappa shape index (κ2) is 11.7. The van der Waals surface area contributed by atoms with E-state index in [1.54, 1.807) is 37.3 Å². The predicted molar refractivity (Wildman–Crippen MR) is 144 cm³/mol. The van der Waals surface area contributed by atoms with Gasteiger partial charge in [-0.2, -0.15) is 0 Å². The van der Waals surface area contributed by atoms with Gasteiger partial charge in [-0.25, -0.2) is 9.18 Å². The summed E-state index contributed by atoms with van der Waals surface area (Å²) in [6.07, 6.45) is 3.03. The minimum atomic E-state index is -0.493. The lowest BCUT2D eigenvalue weighted by Gasteiger charge is -2.26. The quantitative estimate of drug-likeness (QED) is 0.390. The molecule has 0 atom stereocenters. The van der Waals surface area contributed by atoms with Crippen LogP contribution in [0.25, 0.3) is 5.69 Å². The SMILES string of the molecule is CNC(=O)c1ccc(C)c(-n2c(C)cc(OCc3ccc(F)cc3CNC(=O)NC3CCC3)c(Cl)c2=O)c1. The molecule has 200 valence electrons. The summed E-state index contributed by atoms with van der Waals surface area (Å²) in [5, 5.41) is 8.10. The van der Waals surface area contributed by atoms with E-state index in [0.29, 0.717) is 28.1 Å². The number of ether oxygens (including phenoxy) is 1. The molecule has 10 heteroatoms. The highest BCUT2D eigenvalue weighted by Gasteiger charge is 2.20. The van der Waals surface area contributed by atoms with Crippen LogP contribution in [-0.4, -0.2) is 29.6 Å². The molecule has 8 nitrogen and oxygen atoms in total. The van der Waals surface area contributed by atoms with Crippen molar-refractivity contribution in [3.05, 3.63) is 91.6 Å². The van der Waals surface area contributed by atoms with E-state index in [9.17, 15) is 18.8 Å². The molecule has 1 heterocycles. The number of hydrogen-bond acceptors (Lipinski definition) is 4. The van der Waals surface area contributed by atoms with Crippen LogP contribution in [-0.2, 0) is 13.2 Å². The van der Waals surface area contributed by atoms with Crippen LogP contribution in [0.15, 0.2) is 47.3 Å². The lowest BCUT2D eigenvalue weighted by atomic mass is 9.93. The predicted octanol–water partition coefficient (Wildman–Crippen LogP) is 4.54. The summed E-state index contributed by atoms with van der Waals surface area (Å²) >= 11 is 6.44. The second-order valence-corrected chi connectivity index (χ2v) is 9.72. The molecule has 0 bridgehead atoms. The Bertz CT molecular complexity index is 1440. The van der Waals surface area contributed by atoms with Crippen LogP contribution in [0.2, 0.25) is 5.02 Å². The summed E-state index contributed by atoms with van der Waals surface area (Å²) in [5.74, 6) is -0.527. The third-order valence-corrected chi connectivity index (χ3v) is 7.02. The largest absolute Gasteiger partial charge is 0.487 e. The molecular weight excluding hydrogens is 511 g/mol. The number of nitrogens with one attached hydrogen (secondary N) is 3. The van der Waals surface area contributed by atoms with Crippen molar-refractivity contribution in [2.45, 2.75) is 52.3 Å². The van der Waals surface area contributed by atoms with Crippen molar-refractivity contribution < 1.29 is 18.7 Å². The average molecular weight is 541 g/mol. The van der Waals surface area contributed by atoms with Crippen LogP contribution in [0.5, 0.6) is 5.75 Å². The van der Waals surface area contributed by atoms with E-state index in [0.717, 1.165) is 24.8 Å². The van der Waals surface area contributed by atoms with Crippen LogP contribution in [0.1, 0.15) is 52.0 Å². The van der Waals surface area contributed by atoms with E-state index in [2.05, 4.69) is 16.0 Å². The van der Waals surface area contributed by atoms with Gasteiger partial charge in [0.2, 0.25) is 0 Å². The zero-order chi connectivity index (χ0) is 27.4. The number of carbonyl (C=O) groups excluding carboxylic acids is 2. The fourth-order valence-electron chi connectivity index (χ4n) is 4.24. The van der Waals surface area contributed by atoms with Gasteiger partial charge in [-0.15, -0.1) is 0 Å². The van der Waals surface area contributed by atoms with Crippen molar-refractivity contribution in [1.29, 1.82) is 0 Å². The third kappa shape index (κ3) is 5.99. The standard InChI is InChI=1S/C28H30ClFN4O4/c1-16-7-8-18(26(35)31-3)13-23(16)34-17(2)11-24(25(29)27(34)36)38-15-19-9-10-21(30)12-20(19)14-32-28(37)33-22-5-4-6-22/h7-13,22H,4-6,14-15H2,1-3H3,(H,31,35)(H2,32,33,37). The molecule has 1 aromatic heterocycles. The smallest absolute Gasteiger partial charge is 0.315 e. The number of amides is 3. The van der Waals surface area contributed by atoms with Crippen molar-refractivity contribution in [3.63, 3.8) is 0 Å². The van der Waals surface area contributed by atoms with Crippen molar-refractivity contribution in [2.24, 2.45) is 0 Å². The molecule has 0 saturated heterocycles. The molecule has 1 aliphatic rings. The Morgan fingerprint density at radius 2 is 1.87 bits per heavy atom. The maximum absolute atomic E-state index is 14.0. The van der Waals surface area contributed by atoms with E-state index < -0.39 is 11.4 Å². The van der Waals surface area contributed by atoms with E-state index in [1.165, 1.54) is 23.7 Å². The lowest BCUT2D eigenvalue weighted by molar-refractivity contribution is 0.0963. The monoisotopic (exact) mass is 540 g/mol. The van der Waals surface area contributed by atoms with Crippen LogP contribution in [0.3, 0.4) is 0 Å². The van der Waals surface area contributed by atoms with Crippen LogP contribution in [0, 0.1) is 19.7 Å². The zero-order valence-electron chi connectivity index (χ0n) is 21.5. The van der Waals surface area contributed by atoms with Gasteiger partial charge in [-0.1, -0.05) is 23.7 Å². The Balaban J connectivity index is 1.54. The minimum Gasteiger partial charge on any atom is -0.487 e. The Morgan fingerprint density at radius 3 is 2.55 bits per heavy atom. The molecule has 1 saturated carbocycles. The molecule has 38 heavy (non-hydrogen) atoms. The summed E-state index contributed by atoms with van der Waals surface area (Å²) < 4.78 is 21.3. The molecule has 2 aromatic carbocycles. The first kappa shape index (κ1) is 27.2. The number of hydrogen-bond donors (Lipinski definition) is 3. The normalized spacial score (nSPS) is 13.0. The highest BCUT2D eigenvalue weighted by Crippen LogP contribution is 2.26. The van der Waals surface area contributed by atoms with Crippen molar-refractivity contribution in [1.82, 2.24) is 20.5 Å². The summed E-state index contributed by atoms with van der Waals surface area (Å²) in [5.41, 5.74) is 2.99. The van der Waals surface area contributed by atoms with Gasteiger partial charge in [0.15, 0.2) is 0 Å². The average Bonchev–Trinajstić information content (AvgIpc) is 2.87. The molecule has 0 unspecified atom stereocenters. The van der Waals surface area contributed by atoms with Crippen LogP contribution < -0.4 is 26.2 Å². The highest BCUT2D eigenvalue weighted by atomic mass is 35.5. The number of halogens is 2. The molecule has 3 N–H and O–H groups in total. The van der Waals surface area contributed by atoms with Gasteiger partial charge in [-0.3, -0.25) is 14.2 Å². The molecular formula is C28H30ClFN4O4. The van der Waals surface area contributed by atoms with Gasteiger partial charge >= 0.3 is 6.03 Å². The summed E-state index contributed by atoms with van der Waals surface area (Å²) in [6, 6.07) is 10.8. The second-order valence-electron chi connectivity index (χ2n) is 9.34. The molecule has 0 spiro atoms. The first-order valence-corrected chi connectivity index (χ1v) is 12.8. The number of carbonyl (C=O) groups is 2. The summed E-state index contributed by atoms with van der Waals surface area (Å²) in [4.78, 5) is 37.5. The fraction of sp³-hybridized carbons (Fsp3) is 0.321. The van der Waals surface area contributed by atoms with Crippen LogP contribution in [0.4, 0.5) is 9.18 Å². The number of urea groups is 1. The minimum absolute atomic E-state index is 0.00926. The molecule has 1 aliphatic carbocycles. The maximum Gasteiger partial charge on any atom is 0.315 e. The van der Waals surface area contributed by atoms with Crippen molar-refractivity contribution in [2.75, 3.05) is 7.05 Å². The maximum atomic E-state index is 14.0. The van der Waals surface area contributed by atoms with Gasteiger partial charge in [0.05, 0.1) is 5.69 Å². The Morgan fingerprint density at radius 1 is 1.11 bits per heavy atom. The van der Waals surface area contributed by atoms with Gasteiger partial charge < -0.3 is 20.7 Å². The van der Waals surface area contributed by atoms with E-state index in [1.807, 2.05) is 6.92 Å².